The molecule has 3 N–H and O–H groups in total. The van der Waals surface area contributed by atoms with E-state index in [1.165, 1.54) is 6.21 Å². The van der Waals surface area contributed by atoms with Gasteiger partial charge in [0.15, 0.2) is 0 Å². The summed E-state index contributed by atoms with van der Waals surface area (Å²) in [6.45, 7) is 5.96. The fourth-order valence-corrected chi connectivity index (χ4v) is 3.20. The molecule has 0 radical (unpaired) electrons. The van der Waals surface area contributed by atoms with Crippen LogP contribution >= 0.6 is 0 Å². The number of carbonyl (C=O) groups is 1. The van der Waals surface area contributed by atoms with Gasteiger partial charge in [-0.2, -0.15) is 5.10 Å². The third kappa shape index (κ3) is 5.04. The number of aromatic hydroxyl groups is 1. The molecule has 0 saturated heterocycles. The van der Waals surface area contributed by atoms with Gasteiger partial charge in [0.25, 0.3) is 5.91 Å². The smallest absolute Gasteiger partial charge is 0.259 e. The van der Waals surface area contributed by atoms with Crippen molar-refractivity contribution >= 4 is 34.3 Å². The van der Waals surface area contributed by atoms with E-state index in [2.05, 4.69) is 34.6 Å². The molecule has 0 spiro atoms. The van der Waals surface area contributed by atoms with Gasteiger partial charge in [-0.25, -0.2) is 5.43 Å². The van der Waals surface area contributed by atoms with Crippen molar-refractivity contribution in [1.29, 1.82) is 0 Å². The zero-order valence-electron chi connectivity index (χ0n) is 16.7. The molecule has 0 heterocycles. The number of nitrogens with one attached hydrogen (secondary N) is 2. The fourth-order valence-electron chi connectivity index (χ4n) is 3.20. The Bertz CT molecular complexity index is 1010. The minimum Gasteiger partial charge on any atom is -0.507 e. The van der Waals surface area contributed by atoms with E-state index in [-0.39, 0.29) is 18.2 Å². The number of phenols is 1. The van der Waals surface area contributed by atoms with Crippen molar-refractivity contribution in [2.75, 3.05) is 29.9 Å². The van der Waals surface area contributed by atoms with Gasteiger partial charge in [0, 0.05) is 41.5 Å². The minimum absolute atomic E-state index is 0.0955. The van der Waals surface area contributed by atoms with E-state index in [0.717, 1.165) is 35.2 Å². The van der Waals surface area contributed by atoms with Gasteiger partial charge in [-0.05, 0) is 37.4 Å². The average molecular weight is 390 g/mol. The van der Waals surface area contributed by atoms with E-state index in [0.29, 0.717) is 5.56 Å². The summed E-state index contributed by atoms with van der Waals surface area (Å²) in [4.78, 5) is 14.2. The number of hydrazone groups is 1. The molecule has 0 saturated carbocycles. The lowest BCUT2D eigenvalue weighted by atomic mass is 10.1. The van der Waals surface area contributed by atoms with Crippen LogP contribution in [0.15, 0.2) is 65.8 Å². The number of rotatable bonds is 8. The van der Waals surface area contributed by atoms with Gasteiger partial charge < -0.3 is 15.3 Å². The van der Waals surface area contributed by atoms with Crippen molar-refractivity contribution in [1.82, 2.24) is 5.43 Å². The predicted molar refractivity (Wildman–Crippen MR) is 120 cm³/mol. The van der Waals surface area contributed by atoms with Crippen molar-refractivity contribution in [2.24, 2.45) is 5.10 Å². The van der Waals surface area contributed by atoms with E-state index in [1.54, 1.807) is 12.1 Å². The molecule has 0 atom stereocenters. The predicted octanol–water partition coefficient (Wildman–Crippen LogP) is 3.95. The molecule has 3 rings (SSSR count). The van der Waals surface area contributed by atoms with Crippen molar-refractivity contribution < 1.29 is 9.90 Å². The lowest BCUT2D eigenvalue weighted by Gasteiger charge is -2.21. The van der Waals surface area contributed by atoms with Gasteiger partial charge in [-0.3, -0.25) is 4.79 Å². The van der Waals surface area contributed by atoms with E-state index in [1.807, 2.05) is 48.5 Å². The van der Waals surface area contributed by atoms with Crippen LogP contribution < -0.4 is 15.6 Å². The van der Waals surface area contributed by atoms with E-state index < -0.39 is 0 Å². The zero-order chi connectivity index (χ0) is 20.6. The molecular weight excluding hydrogens is 364 g/mol. The van der Waals surface area contributed by atoms with Crippen molar-refractivity contribution in [3.8, 4) is 5.75 Å². The topological polar surface area (TPSA) is 77.0 Å². The number of carbonyl (C=O) groups excluding carboxylic acids is 1. The van der Waals surface area contributed by atoms with Crippen LogP contribution in [0.4, 0.5) is 11.4 Å². The van der Waals surface area contributed by atoms with Crippen LogP contribution in [0.2, 0.25) is 0 Å². The maximum absolute atomic E-state index is 12.1. The van der Waals surface area contributed by atoms with Gasteiger partial charge in [-0.1, -0.05) is 36.4 Å². The molecule has 0 fully saturated rings. The fraction of sp³-hybridized carbons (Fsp3) is 0.217. The summed E-state index contributed by atoms with van der Waals surface area (Å²) < 4.78 is 0. The lowest BCUT2D eigenvalue weighted by Crippen LogP contribution is -2.26. The molecule has 0 aliphatic carbocycles. The number of nitrogens with zero attached hydrogens (tertiary/aromatic N) is 2. The average Bonchev–Trinajstić information content (AvgIpc) is 2.74. The molecule has 0 unspecified atom stereocenters. The van der Waals surface area contributed by atoms with Gasteiger partial charge in [-0.15, -0.1) is 0 Å². The summed E-state index contributed by atoms with van der Waals surface area (Å²) in [5, 5.41) is 19.5. The number of fused-ring (bicyclic) bond motifs is 1. The van der Waals surface area contributed by atoms with Crippen LogP contribution in [0.25, 0.3) is 10.8 Å². The minimum atomic E-state index is -0.270. The van der Waals surface area contributed by atoms with Crippen LogP contribution in [0.1, 0.15) is 19.4 Å². The normalized spacial score (nSPS) is 11.0. The quantitative estimate of drug-likeness (QED) is 0.402. The standard InChI is InChI=1S/C23H26N4O2/c1-3-27(4-2)19-13-12-18(22(28)14-19)15-25-26-23(29)16-24-21-11-7-9-17-8-5-6-10-20(17)21/h5-15,24,28H,3-4,16H2,1-2H3,(H,26,29)/b25-15+. The summed E-state index contributed by atoms with van der Waals surface area (Å²) in [6, 6.07) is 19.3. The van der Waals surface area contributed by atoms with Gasteiger partial charge in [0.2, 0.25) is 0 Å². The molecule has 3 aromatic rings. The lowest BCUT2D eigenvalue weighted by molar-refractivity contribution is -0.119. The van der Waals surface area contributed by atoms with Crippen LogP contribution in [-0.2, 0) is 4.79 Å². The molecule has 29 heavy (non-hydrogen) atoms. The SMILES string of the molecule is CCN(CC)c1ccc(/C=N/NC(=O)CNc2cccc3ccccc23)c(O)c1. The highest BCUT2D eigenvalue weighted by atomic mass is 16.3. The molecule has 0 bridgehead atoms. The largest absolute Gasteiger partial charge is 0.507 e. The van der Waals surface area contributed by atoms with Crippen LogP contribution in [0.3, 0.4) is 0 Å². The summed E-state index contributed by atoms with van der Waals surface area (Å²) in [6.07, 6.45) is 1.44. The summed E-state index contributed by atoms with van der Waals surface area (Å²) >= 11 is 0. The molecule has 0 aliphatic rings. The first-order chi connectivity index (χ1) is 14.1. The molecule has 3 aromatic carbocycles. The first-order valence-corrected chi connectivity index (χ1v) is 9.73. The Balaban J connectivity index is 1.57. The van der Waals surface area contributed by atoms with E-state index in [9.17, 15) is 9.90 Å². The third-order valence-electron chi connectivity index (χ3n) is 4.76. The molecule has 6 heteroatoms. The Morgan fingerprint density at radius 3 is 2.59 bits per heavy atom. The second-order valence-corrected chi connectivity index (χ2v) is 6.59. The Morgan fingerprint density at radius 2 is 1.83 bits per heavy atom. The van der Waals surface area contributed by atoms with Crippen molar-refractivity contribution in [3.05, 3.63) is 66.2 Å². The molecule has 0 aliphatic heterocycles. The number of hydrogen-bond acceptors (Lipinski definition) is 5. The van der Waals surface area contributed by atoms with Crippen LogP contribution in [0, 0.1) is 0 Å². The van der Waals surface area contributed by atoms with E-state index in [4.69, 9.17) is 0 Å². The van der Waals surface area contributed by atoms with Gasteiger partial charge in [0.05, 0.1) is 12.8 Å². The highest BCUT2D eigenvalue weighted by Gasteiger charge is 2.06. The molecule has 0 aromatic heterocycles. The molecule has 150 valence electrons. The Labute approximate surface area is 170 Å². The number of amides is 1. The second-order valence-electron chi connectivity index (χ2n) is 6.59. The van der Waals surface area contributed by atoms with Crippen LogP contribution in [-0.4, -0.2) is 36.9 Å². The Kier molecular flexibility index (Phi) is 6.68. The number of hydrogen-bond donors (Lipinski definition) is 3. The first kappa shape index (κ1) is 20.2. The maximum Gasteiger partial charge on any atom is 0.259 e. The van der Waals surface area contributed by atoms with Gasteiger partial charge >= 0.3 is 0 Å². The number of anilines is 2. The summed E-state index contributed by atoms with van der Waals surface area (Å²) in [7, 11) is 0. The van der Waals surface area contributed by atoms with Crippen molar-refractivity contribution in [3.63, 3.8) is 0 Å². The summed E-state index contributed by atoms with van der Waals surface area (Å²) in [5.41, 5.74) is 4.87. The zero-order valence-corrected chi connectivity index (χ0v) is 16.7. The van der Waals surface area contributed by atoms with Crippen LogP contribution in [0.5, 0.6) is 5.75 Å². The second kappa shape index (κ2) is 9.59. The molecule has 1 amide bonds. The van der Waals surface area contributed by atoms with Gasteiger partial charge in [0.1, 0.15) is 5.75 Å². The third-order valence-corrected chi connectivity index (χ3v) is 4.76. The Morgan fingerprint density at radius 1 is 1.07 bits per heavy atom. The highest BCUT2D eigenvalue weighted by Crippen LogP contribution is 2.24. The Hall–Kier alpha value is -3.54. The number of benzene rings is 3. The van der Waals surface area contributed by atoms with E-state index >= 15 is 0 Å². The highest BCUT2D eigenvalue weighted by molar-refractivity contribution is 5.95. The first-order valence-electron chi connectivity index (χ1n) is 9.73. The maximum atomic E-state index is 12.1. The summed E-state index contributed by atoms with van der Waals surface area (Å²) in [5.74, 6) is -0.144. The molecular formula is C23H26N4O2. The van der Waals surface area contributed by atoms with Crippen molar-refractivity contribution in [2.45, 2.75) is 13.8 Å². The number of phenolic OH excluding ortho intramolecular Hbond substituents is 1. The monoisotopic (exact) mass is 390 g/mol. The molecule has 6 nitrogen and oxygen atoms in total.